The Morgan fingerprint density at radius 1 is 1.35 bits per heavy atom. The van der Waals surface area contributed by atoms with Crippen molar-refractivity contribution in [1.29, 1.82) is 0 Å². The molecule has 0 aliphatic rings. The third-order valence-electron chi connectivity index (χ3n) is 3.09. The van der Waals surface area contributed by atoms with Crippen molar-refractivity contribution in [3.8, 4) is 0 Å². The van der Waals surface area contributed by atoms with Crippen LogP contribution in [0.1, 0.15) is 32.3 Å². The van der Waals surface area contributed by atoms with Crippen LogP contribution in [-0.2, 0) is 6.54 Å². The topological polar surface area (TPSA) is 32.3 Å². The number of hydrogen-bond donors (Lipinski definition) is 2. The van der Waals surface area contributed by atoms with E-state index in [9.17, 15) is 9.50 Å². The van der Waals surface area contributed by atoms with E-state index >= 15 is 0 Å². The average molecular weight is 304 g/mol. The largest absolute Gasteiger partial charge is 0.389 e. The van der Waals surface area contributed by atoms with E-state index in [1.54, 1.807) is 6.07 Å². The summed E-state index contributed by atoms with van der Waals surface area (Å²) in [5, 5.41) is 13.2. The summed E-state index contributed by atoms with van der Waals surface area (Å²) in [6, 6.07) is 4.61. The highest BCUT2D eigenvalue weighted by Gasteiger charge is 2.21. The Balaban J connectivity index is 2.53. The highest BCUT2D eigenvalue weighted by atomic mass is 79.9. The summed E-state index contributed by atoms with van der Waals surface area (Å²) >= 11 is 3.38. The van der Waals surface area contributed by atoms with Gasteiger partial charge in [-0.15, -0.1) is 0 Å². The van der Waals surface area contributed by atoms with Crippen LogP contribution in [-0.4, -0.2) is 17.3 Å². The van der Waals surface area contributed by atoms with Crippen molar-refractivity contribution >= 4 is 15.9 Å². The number of halogens is 2. The Kier molecular flexibility index (Phi) is 5.56. The van der Waals surface area contributed by atoms with Crippen LogP contribution in [0.25, 0.3) is 0 Å². The molecule has 0 saturated carbocycles. The molecule has 0 aliphatic carbocycles. The molecule has 96 valence electrons. The lowest BCUT2D eigenvalue weighted by Crippen LogP contribution is -2.39. The molecular formula is C13H19BrFNO. The molecule has 0 unspecified atom stereocenters. The number of nitrogens with one attached hydrogen (secondary N) is 1. The summed E-state index contributed by atoms with van der Waals surface area (Å²) in [4.78, 5) is 0. The van der Waals surface area contributed by atoms with Gasteiger partial charge in [0.2, 0.25) is 0 Å². The zero-order valence-corrected chi connectivity index (χ0v) is 11.8. The predicted molar refractivity (Wildman–Crippen MR) is 71.3 cm³/mol. The van der Waals surface area contributed by atoms with Gasteiger partial charge in [-0.1, -0.05) is 29.8 Å². The molecule has 4 heteroatoms. The van der Waals surface area contributed by atoms with Gasteiger partial charge in [-0.3, -0.25) is 0 Å². The molecule has 2 N–H and O–H groups in total. The Morgan fingerprint density at radius 2 is 2.00 bits per heavy atom. The predicted octanol–water partition coefficient (Wildman–Crippen LogP) is 3.23. The van der Waals surface area contributed by atoms with E-state index in [0.717, 1.165) is 10.0 Å². The molecule has 0 atom stereocenters. The van der Waals surface area contributed by atoms with Gasteiger partial charge in [-0.05, 0) is 36.6 Å². The highest BCUT2D eigenvalue weighted by Crippen LogP contribution is 2.18. The van der Waals surface area contributed by atoms with Gasteiger partial charge in [0, 0.05) is 17.6 Å². The van der Waals surface area contributed by atoms with Gasteiger partial charge < -0.3 is 10.4 Å². The van der Waals surface area contributed by atoms with Gasteiger partial charge in [-0.25, -0.2) is 4.39 Å². The minimum absolute atomic E-state index is 0.244. The molecule has 17 heavy (non-hydrogen) atoms. The van der Waals surface area contributed by atoms with E-state index in [-0.39, 0.29) is 5.82 Å². The first-order chi connectivity index (χ1) is 8.00. The van der Waals surface area contributed by atoms with Crippen LogP contribution in [0.5, 0.6) is 0 Å². The Labute approximate surface area is 110 Å². The Morgan fingerprint density at radius 3 is 2.59 bits per heavy atom. The molecule has 0 fully saturated rings. The molecule has 0 saturated heterocycles. The molecule has 0 bridgehead atoms. The van der Waals surface area contributed by atoms with Crippen LogP contribution in [0, 0.1) is 5.82 Å². The second-order valence-electron chi connectivity index (χ2n) is 4.27. The monoisotopic (exact) mass is 303 g/mol. The number of hydrogen-bond acceptors (Lipinski definition) is 2. The molecule has 2 nitrogen and oxygen atoms in total. The maximum absolute atomic E-state index is 13.0. The maximum Gasteiger partial charge on any atom is 0.123 e. The van der Waals surface area contributed by atoms with E-state index < -0.39 is 5.60 Å². The van der Waals surface area contributed by atoms with Crippen LogP contribution in [0.3, 0.4) is 0 Å². The Bertz CT molecular complexity index is 366. The van der Waals surface area contributed by atoms with Crippen LogP contribution < -0.4 is 5.32 Å². The lowest BCUT2D eigenvalue weighted by molar-refractivity contribution is 0.0323. The third-order valence-corrected chi connectivity index (χ3v) is 3.87. The van der Waals surface area contributed by atoms with Crippen LogP contribution in [0.2, 0.25) is 0 Å². The van der Waals surface area contributed by atoms with Crippen molar-refractivity contribution in [2.75, 3.05) is 6.54 Å². The average Bonchev–Trinajstić information content (AvgIpc) is 2.33. The van der Waals surface area contributed by atoms with Crippen molar-refractivity contribution in [2.45, 2.75) is 38.8 Å². The number of rotatable bonds is 6. The molecule has 1 aromatic carbocycles. The van der Waals surface area contributed by atoms with Gasteiger partial charge in [0.1, 0.15) is 5.82 Å². The normalized spacial score (nSPS) is 11.8. The molecular weight excluding hydrogens is 285 g/mol. The molecule has 1 rings (SSSR count). The standard InChI is InChI=1S/C13H19BrFNO/c1-3-13(17,4-2)9-16-8-10-7-11(15)5-6-12(10)14/h5-7,16-17H,3-4,8-9H2,1-2H3. The van der Waals surface area contributed by atoms with Gasteiger partial charge in [0.05, 0.1) is 5.60 Å². The zero-order valence-electron chi connectivity index (χ0n) is 10.3. The quantitative estimate of drug-likeness (QED) is 0.846. The van der Waals surface area contributed by atoms with Crippen molar-refractivity contribution in [1.82, 2.24) is 5.32 Å². The van der Waals surface area contributed by atoms with Gasteiger partial charge >= 0.3 is 0 Å². The van der Waals surface area contributed by atoms with E-state index in [1.165, 1.54) is 12.1 Å². The summed E-state index contributed by atoms with van der Waals surface area (Å²) in [6.45, 7) is 4.98. The number of aliphatic hydroxyl groups is 1. The SMILES string of the molecule is CCC(O)(CC)CNCc1cc(F)ccc1Br. The van der Waals surface area contributed by atoms with E-state index in [1.807, 2.05) is 13.8 Å². The second kappa shape index (κ2) is 6.47. The summed E-state index contributed by atoms with van der Waals surface area (Å²) < 4.78 is 13.9. The van der Waals surface area contributed by atoms with Crippen LogP contribution in [0.4, 0.5) is 4.39 Å². The lowest BCUT2D eigenvalue weighted by Gasteiger charge is -2.25. The first kappa shape index (κ1) is 14.6. The summed E-state index contributed by atoms with van der Waals surface area (Å²) in [6.07, 6.45) is 1.42. The molecule has 1 aromatic rings. The highest BCUT2D eigenvalue weighted by molar-refractivity contribution is 9.10. The molecule has 0 radical (unpaired) electrons. The molecule has 0 aromatic heterocycles. The maximum atomic E-state index is 13.0. The summed E-state index contributed by atoms with van der Waals surface area (Å²) in [5.74, 6) is -0.244. The third kappa shape index (κ3) is 4.37. The molecule has 0 amide bonds. The summed E-state index contributed by atoms with van der Waals surface area (Å²) in [5.41, 5.74) is 0.194. The lowest BCUT2D eigenvalue weighted by atomic mass is 9.97. The molecule has 0 spiro atoms. The molecule has 0 aliphatic heterocycles. The first-order valence-electron chi connectivity index (χ1n) is 5.88. The second-order valence-corrected chi connectivity index (χ2v) is 5.13. The van der Waals surface area contributed by atoms with Crippen molar-refractivity contribution in [3.63, 3.8) is 0 Å². The van der Waals surface area contributed by atoms with E-state index in [2.05, 4.69) is 21.2 Å². The minimum Gasteiger partial charge on any atom is -0.389 e. The van der Waals surface area contributed by atoms with E-state index in [0.29, 0.717) is 25.9 Å². The van der Waals surface area contributed by atoms with Gasteiger partial charge in [0.25, 0.3) is 0 Å². The van der Waals surface area contributed by atoms with E-state index in [4.69, 9.17) is 0 Å². The smallest absolute Gasteiger partial charge is 0.123 e. The number of benzene rings is 1. The molecule has 0 heterocycles. The van der Waals surface area contributed by atoms with Crippen molar-refractivity contribution in [3.05, 3.63) is 34.1 Å². The van der Waals surface area contributed by atoms with Crippen molar-refractivity contribution in [2.24, 2.45) is 0 Å². The summed E-state index contributed by atoms with van der Waals surface area (Å²) in [7, 11) is 0. The van der Waals surface area contributed by atoms with Gasteiger partial charge in [-0.2, -0.15) is 0 Å². The van der Waals surface area contributed by atoms with Gasteiger partial charge in [0.15, 0.2) is 0 Å². The van der Waals surface area contributed by atoms with Crippen LogP contribution in [0.15, 0.2) is 22.7 Å². The zero-order chi connectivity index (χ0) is 12.9. The fourth-order valence-electron chi connectivity index (χ4n) is 1.61. The van der Waals surface area contributed by atoms with Crippen LogP contribution >= 0.6 is 15.9 Å². The minimum atomic E-state index is -0.667. The fourth-order valence-corrected chi connectivity index (χ4v) is 2.00. The fraction of sp³-hybridized carbons (Fsp3) is 0.538. The van der Waals surface area contributed by atoms with Crippen molar-refractivity contribution < 1.29 is 9.50 Å². The first-order valence-corrected chi connectivity index (χ1v) is 6.67. The Hall–Kier alpha value is -0.450.